The van der Waals surface area contributed by atoms with E-state index in [1.54, 1.807) is 0 Å². The van der Waals surface area contributed by atoms with Crippen LogP contribution in [0, 0.1) is 12.8 Å². The molecule has 0 fully saturated rings. The summed E-state index contributed by atoms with van der Waals surface area (Å²) < 4.78 is 5.49. The van der Waals surface area contributed by atoms with E-state index < -0.39 is 0 Å². The molecule has 0 unspecified atom stereocenters. The minimum absolute atomic E-state index is 0.603. The molecule has 0 saturated carbocycles. The van der Waals surface area contributed by atoms with E-state index >= 15 is 0 Å². The van der Waals surface area contributed by atoms with Gasteiger partial charge < -0.3 is 10.1 Å². The minimum Gasteiger partial charge on any atom is -0.380 e. The quantitative estimate of drug-likeness (QED) is 0.754. The fourth-order valence-corrected chi connectivity index (χ4v) is 1.65. The summed E-state index contributed by atoms with van der Waals surface area (Å²) in [6, 6.07) is 6.16. The molecule has 0 aliphatic rings. The first-order chi connectivity index (χ1) is 8.09. The molecule has 0 aliphatic heterocycles. The van der Waals surface area contributed by atoms with Crippen LogP contribution in [0.25, 0.3) is 0 Å². The molecule has 0 radical (unpaired) electrons. The third-order valence-electron chi connectivity index (χ3n) is 2.44. The van der Waals surface area contributed by atoms with Crippen LogP contribution in [0.15, 0.2) is 18.2 Å². The molecule has 2 nitrogen and oxygen atoms in total. The van der Waals surface area contributed by atoms with Crippen molar-refractivity contribution in [2.45, 2.75) is 27.3 Å². The highest BCUT2D eigenvalue weighted by atomic mass is 35.5. The Balaban J connectivity index is 2.16. The zero-order valence-corrected chi connectivity index (χ0v) is 11.7. The Labute approximate surface area is 109 Å². The Kier molecular flexibility index (Phi) is 6.56. The van der Waals surface area contributed by atoms with Crippen LogP contribution in [0.1, 0.15) is 25.0 Å². The summed E-state index contributed by atoms with van der Waals surface area (Å²) in [5, 5.41) is 4.17. The molecule has 96 valence electrons. The Morgan fingerprint density at radius 1 is 1.35 bits per heavy atom. The Morgan fingerprint density at radius 2 is 2.12 bits per heavy atom. The van der Waals surface area contributed by atoms with Gasteiger partial charge in [-0.1, -0.05) is 37.6 Å². The maximum atomic E-state index is 6.06. The van der Waals surface area contributed by atoms with E-state index in [1.807, 2.05) is 13.0 Å². The third-order valence-corrected chi connectivity index (χ3v) is 2.85. The first kappa shape index (κ1) is 14.5. The zero-order valence-electron chi connectivity index (χ0n) is 10.9. The number of ether oxygens (including phenoxy) is 1. The Hall–Kier alpha value is -0.570. The zero-order chi connectivity index (χ0) is 12.7. The predicted molar refractivity (Wildman–Crippen MR) is 73.6 cm³/mol. The van der Waals surface area contributed by atoms with Crippen LogP contribution in [0.2, 0.25) is 5.02 Å². The molecule has 0 aromatic heterocycles. The van der Waals surface area contributed by atoms with Crippen LogP contribution >= 0.6 is 11.6 Å². The molecule has 0 aliphatic carbocycles. The van der Waals surface area contributed by atoms with Gasteiger partial charge in [0, 0.05) is 24.7 Å². The summed E-state index contributed by atoms with van der Waals surface area (Å²) >= 11 is 6.06. The second-order valence-electron chi connectivity index (χ2n) is 4.73. The van der Waals surface area contributed by atoms with Crippen molar-refractivity contribution in [1.82, 2.24) is 5.32 Å². The predicted octanol–water partition coefficient (Wildman–Crippen LogP) is 3.41. The average molecular weight is 256 g/mol. The van der Waals surface area contributed by atoms with Gasteiger partial charge >= 0.3 is 0 Å². The monoisotopic (exact) mass is 255 g/mol. The van der Waals surface area contributed by atoms with Crippen molar-refractivity contribution >= 4 is 11.6 Å². The SMILES string of the molecule is Cc1ccc(CNCCOCC(C)C)cc1Cl. The molecule has 1 N–H and O–H groups in total. The fourth-order valence-electron chi connectivity index (χ4n) is 1.44. The second-order valence-corrected chi connectivity index (χ2v) is 5.14. The molecule has 0 saturated heterocycles. The number of rotatable bonds is 7. The second kappa shape index (κ2) is 7.70. The summed E-state index contributed by atoms with van der Waals surface area (Å²) in [5.41, 5.74) is 2.33. The fraction of sp³-hybridized carbons (Fsp3) is 0.571. The van der Waals surface area contributed by atoms with Crippen LogP contribution in [0.3, 0.4) is 0 Å². The largest absolute Gasteiger partial charge is 0.380 e. The first-order valence-corrected chi connectivity index (χ1v) is 6.51. The number of aryl methyl sites for hydroxylation is 1. The minimum atomic E-state index is 0.603. The van der Waals surface area contributed by atoms with Gasteiger partial charge in [-0.25, -0.2) is 0 Å². The maximum absolute atomic E-state index is 6.06. The van der Waals surface area contributed by atoms with Crippen LogP contribution in [-0.2, 0) is 11.3 Å². The molecule has 1 aromatic rings. The number of hydrogen-bond donors (Lipinski definition) is 1. The molecule has 0 amide bonds. The van der Waals surface area contributed by atoms with E-state index in [-0.39, 0.29) is 0 Å². The lowest BCUT2D eigenvalue weighted by atomic mass is 10.1. The maximum Gasteiger partial charge on any atom is 0.0591 e. The van der Waals surface area contributed by atoms with Gasteiger partial charge in [-0.15, -0.1) is 0 Å². The van der Waals surface area contributed by atoms with E-state index in [0.717, 1.165) is 36.9 Å². The third kappa shape index (κ3) is 6.06. The van der Waals surface area contributed by atoms with Crippen LogP contribution in [0.4, 0.5) is 0 Å². The lowest BCUT2D eigenvalue weighted by molar-refractivity contribution is 0.111. The molecule has 0 spiro atoms. The van der Waals surface area contributed by atoms with Gasteiger partial charge in [-0.3, -0.25) is 0 Å². The normalized spacial score (nSPS) is 11.1. The van der Waals surface area contributed by atoms with Gasteiger partial charge in [0.2, 0.25) is 0 Å². The van der Waals surface area contributed by atoms with Gasteiger partial charge in [0.15, 0.2) is 0 Å². The standard InChI is InChI=1S/C14H22ClNO/c1-11(2)10-17-7-6-16-9-13-5-4-12(3)14(15)8-13/h4-5,8,11,16H,6-7,9-10H2,1-3H3. The van der Waals surface area contributed by atoms with Crippen molar-refractivity contribution in [3.63, 3.8) is 0 Å². The molecule has 1 aromatic carbocycles. The van der Waals surface area contributed by atoms with Crippen molar-refractivity contribution in [3.05, 3.63) is 34.3 Å². The van der Waals surface area contributed by atoms with Gasteiger partial charge in [0.05, 0.1) is 6.61 Å². The van der Waals surface area contributed by atoms with Gasteiger partial charge in [-0.05, 0) is 30.0 Å². The number of nitrogens with one attached hydrogen (secondary N) is 1. The topological polar surface area (TPSA) is 21.3 Å². The molecule has 0 bridgehead atoms. The number of hydrogen-bond acceptors (Lipinski definition) is 2. The van der Waals surface area contributed by atoms with Crippen molar-refractivity contribution < 1.29 is 4.74 Å². The molecule has 0 atom stereocenters. The highest BCUT2D eigenvalue weighted by Gasteiger charge is 1.98. The average Bonchev–Trinajstić information content (AvgIpc) is 2.27. The molecule has 0 heterocycles. The molecule has 1 rings (SSSR count). The van der Waals surface area contributed by atoms with Crippen LogP contribution in [0.5, 0.6) is 0 Å². The van der Waals surface area contributed by atoms with Crippen molar-refractivity contribution in [3.8, 4) is 0 Å². The highest BCUT2D eigenvalue weighted by molar-refractivity contribution is 6.31. The van der Waals surface area contributed by atoms with Crippen LogP contribution in [-0.4, -0.2) is 19.8 Å². The van der Waals surface area contributed by atoms with E-state index in [4.69, 9.17) is 16.3 Å². The highest BCUT2D eigenvalue weighted by Crippen LogP contribution is 2.16. The Bertz CT molecular complexity index is 339. The van der Waals surface area contributed by atoms with Crippen molar-refractivity contribution in [2.75, 3.05) is 19.8 Å². The number of halogens is 1. The van der Waals surface area contributed by atoms with E-state index in [1.165, 1.54) is 5.56 Å². The molecular formula is C14H22ClNO. The smallest absolute Gasteiger partial charge is 0.0591 e. The van der Waals surface area contributed by atoms with Gasteiger partial charge in [-0.2, -0.15) is 0 Å². The van der Waals surface area contributed by atoms with Crippen molar-refractivity contribution in [2.24, 2.45) is 5.92 Å². The van der Waals surface area contributed by atoms with Crippen LogP contribution < -0.4 is 5.32 Å². The summed E-state index contributed by atoms with van der Waals surface area (Å²) in [7, 11) is 0. The summed E-state index contributed by atoms with van der Waals surface area (Å²) in [4.78, 5) is 0. The van der Waals surface area contributed by atoms with E-state index in [9.17, 15) is 0 Å². The van der Waals surface area contributed by atoms with Crippen molar-refractivity contribution in [1.29, 1.82) is 0 Å². The number of benzene rings is 1. The first-order valence-electron chi connectivity index (χ1n) is 6.13. The molecular weight excluding hydrogens is 234 g/mol. The summed E-state index contributed by atoms with van der Waals surface area (Å²) in [6.45, 7) is 9.63. The van der Waals surface area contributed by atoms with E-state index in [2.05, 4.69) is 31.3 Å². The lowest BCUT2D eigenvalue weighted by Gasteiger charge is -2.08. The van der Waals surface area contributed by atoms with Gasteiger partial charge in [0.1, 0.15) is 0 Å². The molecule has 3 heteroatoms. The van der Waals surface area contributed by atoms with Gasteiger partial charge in [0.25, 0.3) is 0 Å². The summed E-state index contributed by atoms with van der Waals surface area (Å²) in [6.07, 6.45) is 0. The Morgan fingerprint density at radius 3 is 2.76 bits per heavy atom. The lowest BCUT2D eigenvalue weighted by Crippen LogP contribution is -2.20. The molecule has 17 heavy (non-hydrogen) atoms. The van der Waals surface area contributed by atoms with E-state index in [0.29, 0.717) is 5.92 Å². The summed E-state index contributed by atoms with van der Waals surface area (Å²) in [5.74, 6) is 0.603.